The predicted octanol–water partition coefficient (Wildman–Crippen LogP) is 2.45. The van der Waals surface area contributed by atoms with E-state index < -0.39 is 0 Å². The van der Waals surface area contributed by atoms with Crippen molar-refractivity contribution in [3.8, 4) is 0 Å². The molecule has 4 heteroatoms. The van der Waals surface area contributed by atoms with Gasteiger partial charge in [-0.25, -0.2) is 4.39 Å². The Morgan fingerprint density at radius 3 is 2.81 bits per heavy atom. The zero-order chi connectivity index (χ0) is 11.5. The van der Waals surface area contributed by atoms with Gasteiger partial charge < -0.3 is 10.4 Å². The number of benzene rings is 1. The zero-order valence-electron chi connectivity index (χ0n) is 8.92. The van der Waals surface area contributed by atoms with E-state index in [1.165, 1.54) is 6.07 Å². The molecule has 0 spiro atoms. The van der Waals surface area contributed by atoms with Crippen LogP contribution in [-0.2, 0) is 6.54 Å². The molecule has 0 aromatic heterocycles. The van der Waals surface area contributed by atoms with Crippen molar-refractivity contribution in [3.63, 3.8) is 0 Å². The van der Waals surface area contributed by atoms with Gasteiger partial charge in [0.05, 0.1) is 10.6 Å². The highest BCUT2D eigenvalue weighted by Crippen LogP contribution is 2.26. The fourth-order valence-corrected chi connectivity index (χ4v) is 2.18. The SMILES string of the molecule is OC1CC(CNCc2ccc(Br)c(F)c2)C1. The van der Waals surface area contributed by atoms with Crippen LogP contribution in [0.4, 0.5) is 4.39 Å². The maximum Gasteiger partial charge on any atom is 0.137 e. The molecule has 1 aromatic carbocycles. The zero-order valence-corrected chi connectivity index (χ0v) is 10.5. The van der Waals surface area contributed by atoms with Crippen LogP contribution >= 0.6 is 15.9 Å². The monoisotopic (exact) mass is 287 g/mol. The minimum Gasteiger partial charge on any atom is -0.393 e. The first kappa shape index (κ1) is 12.0. The second kappa shape index (κ2) is 5.25. The number of aliphatic hydroxyl groups excluding tert-OH is 1. The van der Waals surface area contributed by atoms with Crippen LogP contribution in [0.5, 0.6) is 0 Å². The first-order chi connectivity index (χ1) is 7.65. The van der Waals surface area contributed by atoms with E-state index in [2.05, 4.69) is 21.2 Å². The molecule has 1 saturated carbocycles. The molecule has 0 aliphatic heterocycles. The number of hydrogen-bond acceptors (Lipinski definition) is 2. The lowest BCUT2D eigenvalue weighted by molar-refractivity contribution is 0.0430. The molecule has 0 saturated heterocycles. The number of aliphatic hydroxyl groups is 1. The summed E-state index contributed by atoms with van der Waals surface area (Å²) in [6.45, 7) is 1.57. The number of hydrogen-bond donors (Lipinski definition) is 2. The van der Waals surface area contributed by atoms with Crippen LogP contribution in [0.2, 0.25) is 0 Å². The molecule has 2 rings (SSSR count). The van der Waals surface area contributed by atoms with Crippen molar-refractivity contribution in [3.05, 3.63) is 34.1 Å². The second-order valence-electron chi connectivity index (χ2n) is 4.37. The molecule has 2 nitrogen and oxygen atoms in total. The third kappa shape index (κ3) is 3.03. The van der Waals surface area contributed by atoms with E-state index in [1.807, 2.05) is 6.07 Å². The Bertz CT molecular complexity index is 366. The van der Waals surface area contributed by atoms with E-state index in [0.717, 1.165) is 24.9 Å². The van der Waals surface area contributed by atoms with Crippen LogP contribution in [0.1, 0.15) is 18.4 Å². The van der Waals surface area contributed by atoms with Crippen molar-refractivity contribution >= 4 is 15.9 Å². The summed E-state index contributed by atoms with van der Waals surface area (Å²) in [7, 11) is 0. The minimum atomic E-state index is -0.224. The summed E-state index contributed by atoms with van der Waals surface area (Å²) in [6.07, 6.45) is 1.68. The third-order valence-corrected chi connectivity index (χ3v) is 3.60. The third-order valence-electron chi connectivity index (χ3n) is 2.96. The first-order valence-corrected chi connectivity index (χ1v) is 6.27. The fourth-order valence-electron chi connectivity index (χ4n) is 1.94. The van der Waals surface area contributed by atoms with Crippen LogP contribution in [0.15, 0.2) is 22.7 Å². The lowest BCUT2D eigenvalue weighted by atomic mass is 9.82. The highest BCUT2D eigenvalue weighted by molar-refractivity contribution is 9.10. The van der Waals surface area contributed by atoms with E-state index in [4.69, 9.17) is 5.11 Å². The van der Waals surface area contributed by atoms with Crippen molar-refractivity contribution in [2.24, 2.45) is 5.92 Å². The molecule has 1 aliphatic carbocycles. The van der Waals surface area contributed by atoms with E-state index in [0.29, 0.717) is 16.9 Å². The largest absolute Gasteiger partial charge is 0.393 e. The Labute approximate surface area is 103 Å². The van der Waals surface area contributed by atoms with Gasteiger partial charge in [-0.05, 0) is 58.9 Å². The van der Waals surface area contributed by atoms with Gasteiger partial charge in [-0.15, -0.1) is 0 Å². The molecule has 0 amide bonds. The Morgan fingerprint density at radius 2 is 2.19 bits per heavy atom. The van der Waals surface area contributed by atoms with Gasteiger partial charge in [-0.1, -0.05) is 6.07 Å². The quantitative estimate of drug-likeness (QED) is 0.892. The average molecular weight is 288 g/mol. The molecule has 1 aromatic rings. The van der Waals surface area contributed by atoms with Crippen LogP contribution in [0.25, 0.3) is 0 Å². The number of nitrogens with one attached hydrogen (secondary N) is 1. The molecular formula is C12H15BrFNO. The van der Waals surface area contributed by atoms with Gasteiger partial charge in [-0.3, -0.25) is 0 Å². The molecule has 0 bridgehead atoms. The highest BCUT2D eigenvalue weighted by Gasteiger charge is 2.26. The molecule has 16 heavy (non-hydrogen) atoms. The van der Waals surface area contributed by atoms with Crippen molar-refractivity contribution in [1.29, 1.82) is 0 Å². The van der Waals surface area contributed by atoms with E-state index in [1.54, 1.807) is 6.07 Å². The van der Waals surface area contributed by atoms with Gasteiger partial charge in [-0.2, -0.15) is 0 Å². The molecule has 1 fully saturated rings. The van der Waals surface area contributed by atoms with Crippen LogP contribution in [0, 0.1) is 11.7 Å². The maximum absolute atomic E-state index is 13.2. The van der Waals surface area contributed by atoms with E-state index in [-0.39, 0.29) is 11.9 Å². The molecule has 88 valence electrons. The van der Waals surface area contributed by atoms with Crippen molar-refractivity contribution in [2.45, 2.75) is 25.5 Å². The fraction of sp³-hybridized carbons (Fsp3) is 0.500. The summed E-state index contributed by atoms with van der Waals surface area (Å²) >= 11 is 3.12. The van der Waals surface area contributed by atoms with Crippen molar-refractivity contribution in [1.82, 2.24) is 5.32 Å². The number of halogens is 2. The summed E-state index contributed by atoms with van der Waals surface area (Å²) < 4.78 is 13.7. The average Bonchev–Trinajstić information content (AvgIpc) is 2.21. The van der Waals surface area contributed by atoms with Crippen molar-refractivity contribution < 1.29 is 9.50 Å². The van der Waals surface area contributed by atoms with E-state index in [9.17, 15) is 4.39 Å². The van der Waals surface area contributed by atoms with Gasteiger partial charge in [0, 0.05) is 6.54 Å². The Morgan fingerprint density at radius 1 is 1.44 bits per heavy atom. The van der Waals surface area contributed by atoms with Gasteiger partial charge in [0.1, 0.15) is 5.82 Å². The Balaban J connectivity index is 1.74. The van der Waals surface area contributed by atoms with Crippen LogP contribution in [0.3, 0.4) is 0 Å². The molecule has 0 atom stereocenters. The van der Waals surface area contributed by atoms with Crippen LogP contribution < -0.4 is 5.32 Å². The Kier molecular flexibility index (Phi) is 3.95. The second-order valence-corrected chi connectivity index (χ2v) is 5.22. The summed E-state index contributed by atoms with van der Waals surface area (Å²) in [6, 6.07) is 5.15. The Hall–Kier alpha value is -0.450. The van der Waals surface area contributed by atoms with Gasteiger partial charge >= 0.3 is 0 Å². The van der Waals surface area contributed by atoms with Crippen molar-refractivity contribution in [2.75, 3.05) is 6.54 Å². The normalized spacial score (nSPS) is 24.2. The highest BCUT2D eigenvalue weighted by atomic mass is 79.9. The maximum atomic E-state index is 13.2. The van der Waals surface area contributed by atoms with Crippen LogP contribution in [-0.4, -0.2) is 17.8 Å². The summed E-state index contributed by atoms with van der Waals surface area (Å²) in [5, 5.41) is 12.4. The van der Waals surface area contributed by atoms with Gasteiger partial charge in [0.2, 0.25) is 0 Å². The lowest BCUT2D eigenvalue weighted by Crippen LogP contribution is -2.35. The molecule has 1 aliphatic rings. The summed E-state index contributed by atoms with van der Waals surface area (Å²) in [5.74, 6) is 0.355. The first-order valence-electron chi connectivity index (χ1n) is 5.48. The predicted molar refractivity (Wildman–Crippen MR) is 64.5 cm³/mol. The molecule has 2 N–H and O–H groups in total. The summed E-state index contributed by atoms with van der Waals surface area (Å²) in [5.41, 5.74) is 0.945. The number of rotatable bonds is 4. The smallest absolute Gasteiger partial charge is 0.137 e. The molecule has 0 unspecified atom stereocenters. The summed E-state index contributed by atoms with van der Waals surface area (Å²) in [4.78, 5) is 0. The standard InChI is InChI=1S/C12H15BrFNO/c13-11-2-1-8(5-12(11)14)6-15-7-9-3-10(16)4-9/h1-2,5,9-10,15-16H,3-4,6-7H2. The molecular weight excluding hydrogens is 273 g/mol. The van der Waals surface area contributed by atoms with E-state index >= 15 is 0 Å². The minimum absolute atomic E-state index is 0.100. The molecule has 0 heterocycles. The lowest BCUT2D eigenvalue weighted by Gasteiger charge is -2.31. The molecule has 0 radical (unpaired) electrons. The van der Waals surface area contributed by atoms with Gasteiger partial charge in [0.25, 0.3) is 0 Å². The van der Waals surface area contributed by atoms with Gasteiger partial charge in [0.15, 0.2) is 0 Å². The topological polar surface area (TPSA) is 32.3 Å².